The topological polar surface area (TPSA) is 89.7 Å². The molecular formula is C28H39NO5. The molecule has 6 heteroatoms. The number of ether oxygens (including phenoxy) is 1. The van der Waals surface area contributed by atoms with Crippen molar-refractivity contribution in [2.24, 2.45) is 46.3 Å². The van der Waals surface area contributed by atoms with E-state index in [2.05, 4.69) is 13.8 Å². The first-order valence-corrected chi connectivity index (χ1v) is 13.3. The van der Waals surface area contributed by atoms with E-state index in [1.807, 2.05) is 0 Å². The van der Waals surface area contributed by atoms with Gasteiger partial charge in [0.05, 0.1) is 4.92 Å². The Labute approximate surface area is 202 Å². The lowest BCUT2D eigenvalue weighted by Gasteiger charge is -2.61. The van der Waals surface area contributed by atoms with Crippen molar-refractivity contribution < 1.29 is 19.6 Å². The zero-order chi connectivity index (χ0) is 24.1. The van der Waals surface area contributed by atoms with Crippen LogP contribution in [-0.4, -0.2) is 29.0 Å². The maximum absolute atomic E-state index is 13.3. The van der Waals surface area contributed by atoms with Crippen molar-refractivity contribution in [3.63, 3.8) is 0 Å². The number of carbonyl (C=O) groups is 1. The van der Waals surface area contributed by atoms with Gasteiger partial charge in [-0.1, -0.05) is 13.8 Å². The first kappa shape index (κ1) is 23.8. The lowest BCUT2D eigenvalue weighted by atomic mass is 9.44. The fourth-order valence-electron chi connectivity index (χ4n) is 8.96. The molecule has 4 fully saturated rings. The van der Waals surface area contributed by atoms with Crippen LogP contribution in [0.4, 0.5) is 5.69 Å². The number of benzene rings is 1. The van der Waals surface area contributed by atoms with Crippen molar-refractivity contribution in [1.82, 2.24) is 0 Å². The lowest BCUT2D eigenvalue weighted by molar-refractivity contribution is -0.384. The first-order valence-electron chi connectivity index (χ1n) is 13.3. The number of aliphatic hydroxyl groups excluding tert-OH is 1. The van der Waals surface area contributed by atoms with Crippen LogP contribution in [0.5, 0.6) is 5.75 Å². The summed E-state index contributed by atoms with van der Waals surface area (Å²) in [5.41, 5.74) is 0.481. The van der Waals surface area contributed by atoms with E-state index in [0.717, 1.165) is 43.4 Å². The quantitative estimate of drug-likeness (QED) is 0.419. The van der Waals surface area contributed by atoms with E-state index in [4.69, 9.17) is 4.74 Å². The van der Waals surface area contributed by atoms with Gasteiger partial charge in [-0.25, -0.2) is 0 Å². The molecule has 1 aromatic rings. The van der Waals surface area contributed by atoms with Gasteiger partial charge in [-0.3, -0.25) is 14.9 Å². The maximum Gasteiger partial charge on any atom is 0.269 e. The second kappa shape index (κ2) is 8.92. The molecule has 0 unspecified atom stereocenters. The molecule has 0 aliphatic heterocycles. The molecule has 0 saturated heterocycles. The van der Waals surface area contributed by atoms with E-state index >= 15 is 0 Å². The minimum absolute atomic E-state index is 0.0230. The smallest absolute Gasteiger partial charge is 0.269 e. The summed E-state index contributed by atoms with van der Waals surface area (Å²) in [5.74, 6) is 4.08. The molecule has 34 heavy (non-hydrogen) atoms. The number of rotatable bonds is 6. The third kappa shape index (κ3) is 3.86. The minimum Gasteiger partial charge on any atom is -0.486 e. The second-order valence-electron chi connectivity index (χ2n) is 12.2. The van der Waals surface area contributed by atoms with Crippen molar-refractivity contribution in [1.29, 1.82) is 0 Å². The molecule has 4 saturated carbocycles. The van der Waals surface area contributed by atoms with E-state index < -0.39 is 4.92 Å². The SMILES string of the molecule is C[C@]12CC[C@H](CO)C[C@@H]1CC[C@@H]1[C@@H]2CC[C@]2(C)[C@@H](C(=O)COc3ccc([N+](=O)[O-])cc3)CC[C@@H]12. The molecule has 8 atom stereocenters. The molecule has 1 N–H and O–H groups in total. The van der Waals surface area contributed by atoms with Gasteiger partial charge in [-0.05, 0) is 110 Å². The number of fused-ring (bicyclic) bond motifs is 5. The Hall–Kier alpha value is -1.95. The Morgan fingerprint density at radius 3 is 2.44 bits per heavy atom. The molecule has 0 amide bonds. The Morgan fingerprint density at radius 1 is 1.03 bits per heavy atom. The average Bonchev–Trinajstić information content (AvgIpc) is 3.19. The van der Waals surface area contributed by atoms with E-state index in [-0.39, 0.29) is 29.4 Å². The monoisotopic (exact) mass is 469 g/mol. The molecular weight excluding hydrogens is 430 g/mol. The standard InChI is InChI=1S/C28H39NO5/c1-27-13-11-18(16-30)15-19(27)3-8-22-23-9-10-25(28(23,2)14-12-24(22)27)26(31)17-34-21-6-4-20(5-7-21)29(32)33/h4-7,18-19,22-25,30H,3,8-17H2,1-2H3/t18-,19-,22-,23-,24-,25+,27-,28-/m0/s1. The number of non-ortho nitro benzene ring substituents is 1. The number of aliphatic hydroxyl groups is 1. The van der Waals surface area contributed by atoms with E-state index in [1.54, 1.807) is 12.1 Å². The number of ketones is 1. The van der Waals surface area contributed by atoms with Gasteiger partial charge < -0.3 is 9.84 Å². The van der Waals surface area contributed by atoms with Gasteiger partial charge in [0.15, 0.2) is 5.78 Å². The van der Waals surface area contributed by atoms with Crippen molar-refractivity contribution in [3.05, 3.63) is 34.4 Å². The fourth-order valence-corrected chi connectivity index (χ4v) is 8.96. The molecule has 5 rings (SSSR count). The van der Waals surface area contributed by atoms with Crippen molar-refractivity contribution >= 4 is 11.5 Å². The summed E-state index contributed by atoms with van der Waals surface area (Å²) in [7, 11) is 0. The number of nitro benzene ring substituents is 1. The normalized spacial score (nSPS) is 41.1. The molecule has 6 nitrogen and oxygen atoms in total. The Balaban J connectivity index is 1.25. The van der Waals surface area contributed by atoms with Crippen LogP contribution in [0.1, 0.15) is 71.6 Å². The molecule has 186 valence electrons. The predicted molar refractivity (Wildman–Crippen MR) is 129 cm³/mol. The molecule has 0 bridgehead atoms. The maximum atomic E-state index is 13.3. The highest BCUT2D eigenvalue weighted by molar-refractivity contribution is 5.83. The molecule has 1 aromatic carbocycles. The predicted octanol–water partition coefficient (Wildman–Crippen LogP) is 5.81. The van der Waals surface area contributed by atoms with Gasteiger partial charge in [0.1, 0.15) is 12.4 Å². The largest absolute Gasteiger partial charge is 0.486 e. The third-order valence-corrected chi connectivity index (χ3v) is 10.8. The van der Waals surface area contributed by atoms with Gasteiger partial charge in [-0.2, -0.15) is 0 Å². The van der Waals surface area contributed by atoms with Crippen LogP contribution in [0, 0.1) is 56.5 Å². The average molecular weight is 470 g/mol. The molecule has 0 aromatic heterocycles. The van der Waals surface area contributed by atoms with Crippen LogP contribution in [0.15, 0.2) is 24.3 Å². The van der Waals surface area contributed by atoms with Crippen molar-refractivity contribution in [2.75, 3.05) is 13.2 Å². The summed E-state index contributed by atoms with van der Waals surface area (Å²) in [6.45, 7) is 5.29. The van der Waals surface area contributed by atoms with E-state index in [9.17, 15) is 20.0 Å². The van der Waals surface area contributed by atoms with Crippen LogP contribution in [0.2, 0.25) is 0 Å². The molecule has 4 aliphatic rings. The number of hydrogen-bond donors (Lipinski definition) is 1. The van der Waals surface area contributed by atoms with Crippen LogP contribution < -0.4 is 4.74 Å². The Bertz CT molecular complexity index is 931. The van der Waals surface area contributed by atoms with E-state index in [1.165, 1.54) is 44.2 Å². The highest BCUT2D eigenvalue weighted by atomic mass is 16.6. The zero-order valence-electron chi connectivity index (χ0n) is 20.6. The van der Waals surface area contributed by atoms with Crippen molar-refractivity contribution in [2.45, 2.75) is 71.6 Å². The summed E-state index contributed by atoms with van der Waals surface area (Å²) in [4.78, 5) is 23.7. The van der Waals surface area contributed by atoms with Crippen LogP contribution in [0.25, 0.3) is 0 Å². The number of nitro groups is 1. The van der Waals surface area contributed by atoms with Crippen LogP contribution >= 0.6 is 0 Å². The van der Waals surface area contributed by atoms with Crippen LogP contribution in [0.3, 0.4) is 0 Å². The molecule has 0 radical (unpaired) electrons. The summed E-state index contributed by atoms with van der Waals surface area (Å²) in [5, 5.41) is 20.6. The summed E-state index contributed by atoms with van der Waals surface area (Å²) < 4.78 is 5.76. The van der Waals surface area contributed by atoms with Gasteiger partial charge in [0, 0.05) is 24.7 Å². The summed E-state index contributed by atoms with van der Waals surface area (Å²) in [6.07, 6.45) is 10.6. The van der Waals surface area contributed by atoms with Crippen LogP contribution in [-0.2, 0) is 4.79 Å². The summed E-state index contributed by atoms with van der Waals surface area (Å²) >= 11 is 0. The summed E-state index contributed by atoms with van der Waals surface area (Å²) in [6, 6.07) is 5.97. The molecule has 4 aliphatic carbocycles. The van der Waals surface area contributed by atoms with Gasteiger partial charge in [-0.15, -0.1) is 0 Å². The number of nitrogens with zero attached hydrogens (tertiary/aromatic N) is 1. The van der Waals surface area contributed by atoms with Gasteiger partial charge in [0.2, 0.25) is 0 Å². The van der Waals surface area contributed by atoms with Gasteiger partial charge in [0.25, 0.3) is 5.69 Å². The number of Topliss-reactive ketones (excluding diaryl/α,β-unsaturated/α-hetero) is 1. The fraction of sp³-hybridized carbons (Fsp3) is 0.750. The molecule has 0 spiro atoms. The Kier molecular flexibility index (Phi) is 6.24. The second-order valence-corrected chi connectivity index (χ2v) is 12.2. The first-order chi connectivity index (χ1) is 16.3. The number of carbonyl (C=O) groups excluding carboxylic acids is 1. The highest BCUT2D eigenvalue weighted by Crippen LogP contribution is 2.67. The van der Waals surface area contributed by atoms with E-state index in [0.29, 0.717) is 29.6 Å². The minimum atomic E-state index is -0.434. The zero-order valence-corrected chi connectivity index (χ0v) is 20.6. The Morgan fingerprint density at radius 2 is 1.74 bits per heavy atom. The van der Waals surface area contributed by atoms with Gasteiger partial charge >= 0.3 is 0 Å². The lowest BCUT2D eigenvalue weighted by Crippen LogP contribution is -2.54. The third-order valence-electron chi connectivity index (χ3n) is 10.8. The number of hydrogen-bond acceptors (Lipinski definition) is 5. The van der Waals surface area contributed by atoms with Crippen molar-refractivity contribution in [3.8, 4) is 5.75 Å². The molecule has 0 heterocycles. The highest BCUT2D eigenvalue weighted by Gasteiger charge is 2.61.